The molecular weight excluding hydrogens is 234 g/mol. The highest BCUT2D eigenvalue weighted by Crippen LogP contribution is 2.12. The number of methoxy groups -OCH3 is 1. The lowest BCUT2D eigenvalue weighted by Gasteiger charge is -2.18. The fraction of sp³-hybridized carbons (Fsp3) is 0.385. The molecule has 0 atom stereocenters. The van der Waals surface area contributed by atoms with Crippen LogP contribution in [-0.4, -0.2) is 42.1 Å². The van der Waals surface area contributed by atoms with E-state index in [1.165, 1.54) is 4.90 Å². The van der Waals surface area contributed by atoms with Crippen LogP contribution in [0.2, 0.25) is 0 Å². The number of carboxylic acids is 1. The molecule has 0 saturated carbocycles. The number of amides is 1. The van der Waals surface area contributed by atoms with Gasteiger partial charge in [0.2, 0.25) is 5.91 Å². The molecular formula is C13H17NO4. The first kappa shape index (κ1) is 14.0. The number of aliphatic carboxylic acids is 1. The summed E-state index contributed by atoms with van der Waals surface area (Å²) in [4.78, 5) is 23.8. The van der Waals surface area contributed by atoms with E-state index in [2.05, 4.69) is 0 Å². The summed E-state index contributed by atoms with van der Waals surface area (Å²) in [6.07, 6.45) is 0.200. The fourth-order valence-electron chi connectivity index (χ4n) is 1.57. The summed E-state index contributed by atoms with van der Waals surface area (Å²) in [5.41, 5.74) is 0.838. The molecule has 0 spiro atoms. The van der Waals surface area contributed by atoms with Crippen LogP contribution in [0.25, 0.3) is 0 Å². The highest BCUT2D eigenvalue weighted by molar-refractivity contribution is 5.83. The van der Waals surface area contributed by atoms with E-state index in [9.17, 15) is 9.59 Å². The highest BCUT2D eigenvalue weighted by Gasteiger charge is 2.15. The van der Waals surface area contributed by atoms with Gasteiger partial charge in [-0.2, -0.15) is 0 Å². The Bertz CT molecular complexity index is 414. The molecule has 1 rings (SSSR count). The largest absolute Gasteiger partial charge is 0.497 e. The van der Waals surface area contributed by atoms with Gasteiger partial charge in [-0.15, -0.1) is 0 Å². The fourth-order valence-corrected chi connectivity index (χ4v) is 1.57. The number of hydrogen-bond acceptors (Lipinski definition) is 3. The Morgan fingerprint density at radius 3 is 2.33 bits per heavy atom. The van der Waals surface area contributed by atoms with E-state index >= 15 is 0 Å². The summed E-state index contributed by atoms with van der Waals surface area (Å²) < 4.78 is 5.02. The minimum absolute atomic E-state index is 0.190. The van der Waals surface area contributed by atoms with Crippen LogP contribution in [0.4, 0.5) is 0 Å². The SMILES string of the molecule is CCN(CC(=O)O)C(=O)Cc1ccc(OC)cc1. The zero-order chi connectivity index (χ0) is 13.5. The van der Waals surface area contributed by atoms with Crippen molar-refractivity contribution in [1.82, 2.24) is 4.90 Å². The molecule has 5 heteroatoms. The Morgan fingerprint density at radius 2 is 1.89 bits per heavy atom. The van der Waals surface area contributed by atoms with Gasteiger partial charge >= 0.3 is 5.97 Å². The molecule has 0 aliphatic rings. The number of rotatable bonds is 6. The summed E-state index contributed by atoms with van der Waals surface area (Å²) in [5.74, 6) is -0.464. The van der Waals surface area contributed by atoms with Crippen LogP contribution < -0.4 is 4.74 Å². The number of nitrogens with zero attached hydrogens (tertiary/aromatic N) is 1. The molecule has 0 fully saturated rings. The average Bonchev–Trinajstić information content (AvgIpc) is 2.36. The molecule has 0 saturated heterocycles. The van der Waals surface area contributed by atoms with Gasteiger partial charge in [0.25, 0.3) is 0 Å². The molecule has 1 amide bonds. The van der Waals surface area contributed by atoms with Crippen molar-refractivity contribution in [3.63, 3.8) is 0 Å². The van der Waals surface area contributed by atoms with Crippen LogP contribution in [-0.2, 0) is 16.0 Å². The second kappa shape index (κ2) is 6.64. The number of hydrogen-bond donors (Lipinski definition) is 1. The maximum absolute atomic E-state index is 11.9. The topological polar surface area (TPSA) is 66.8 Å². The smallest absolute Gasteiger partial charge is 0.323 e. The molecule has 18 heavy (non-hydrogen) atoms. The molecule has 0 aliphatic heterocycles. The minimum atomic E-state index is -1.00. The summed E-state index contributed by atoms with van der Waals surface area (Å²) in [6, 6.07) is 7.14. The van der Waals surface area contributed by atoms with Crippen LogP contribution in [0.15, 0.2) is 24.3 Å². The van der Waals surface area contributed by atoms with Crippen molar-refractivity contribution in [1.29, 1.82) is 0 Å². The third-order valence-electron chi connectivity index (χ3n) is 2.57. The number of ether oxygens (including phenoxy) is 1. The maximum Gasteiger partial charge on any atom is 0.323 e. The van der Waals surface area contributed by atoms with E-state index in [0.717, 1.165) is 11.3 Å². The molecule has 1 N–H and O–H groups in total. The lowest BCUT2D eigenvalue weighted by Crippen LogP contribution is -2.36. The van der Waals surface area contributed by atoms with Crippen molar-refractivity contribution in [2.75, 3.05) is 20.2 Å². The predicted molar refractivity (Wildman–Crippen MR) is 66.6 cm³/mol. The van der Waals surface area contributed by atoms with Crippen LogP contribution in [0.5, 0.6) is 5.75 Å². The zero-order valence-corrected chi connectivity index (χ0v) is 10.5. The molecule has 1 aromatic carbocycles. The van der Waals surface area contributed by atoms with Crippen LogP contribution in [0, 0.1) is 0 Å². The summed E-state index contributed by atoms with van der Waals surface area (Å²) in [7, 11) is 1.58. The number of carbonyl (C=O) groups is 2. The van der Waals surface area contributed by atoms with E-state index < -0.39 is 5.97 Å². The first-order valence-corrected chi connectivity index (χ1v) is 5.69. The van der Waals surface area contributed by atoms with E-state index in [0.29, 0.717) is 6.54 Å². The quantitative estimate of drug-likeness (QED) is 0.824. The van der Waals surface area contributed by atoms with Gasteiger partial charge < -0.3 is 14.7 Å². The molecule has 0 heterocycles. The third kappa shape index (κ3) is 4.08. The molecule has 1 aromatic rings. The Kier molecular flexibility index (Phi) is 5.17. The number of carbonyl (C=O) groups excluding carboxylic acids is 1. The Labute approximate surface area is 106 Å². The van der Waals surface area contributed by atoms with Crippen molar-refractivity contribution < 1.29 is 19.4 Å². The van der Waals surface area contributed by atoms with Gasteiger partial charge in [-0.1, -0.05) is 12.1 Å². The molecule has 5 nitrogen and oxygen atoms in total. The predicted octanol–water partition coefficient (Wildman–Crippen LogP) is 1.17. The Balaban J connectivity index is 2.64. The van der Waals surface area contributed by atoms with Crippen molar-refractivity contribution in [2.24, 2.45) is 0 Å². The van der Waals surface area contributed by atoms with Gasteiger partial charge in [-0.3, -0.25) is 9.59 Å². The van der Waals surface area contributed by atoms with E-state index in [4.69, 9.17) is 9.84 Å². The number of likely N-dealkylation sites (N-methyl/N-ethyl adjacent to an activating group) is 1. The van der Waals surface area contributed by atoms with Gasteiger partial charge in [-0.05, 0) is 24.6 Å². The molecule has 98 valence electrons. The van der Waals surface area contributed by atoms with Crippen LogP contribution in [0.3, 0.4) is 0 Å². The molecule has 0 aromatic heterocycles. The standard InChI is InChI=1S/C13H17NO4/c1-3-14(9-13(16)17)12(15)8-10-4-6-11(18-2)7-5-10/h4-7H,3,8-9H2,1-2H3,(H,16,17). The van der Waals surface area contributed by atoms with Gasteiger partial charge in [0.1, 0.15) is 12.3 Å². The molecule has 0 aliphatic carbocycles. The van der Waals surface area contributed by atoms with Crippen LogP contribution >= 0.6 is 0 Å². The second-order valence-corrected chi connectivity index (χ2v) is 3.83. The van der Waals surface area contributed by atoms with Crippen molar-refractivity contribution in [2.45, 2.75) is 13.3 Å². The minimum Gasteiger partial charge on any atom is -0.497 e. The monoisotopic (exact) mass is 251 g/mol. The van der Waals surface area contributed by atoms with Gasteiger partial charge in [-0.25, -0.2) is 0 Å². The van der Waals surface area contributed by atoms with Crippen molar-refractivity contribution in [3.8, 4) is 5.75 Å². The normalized spacial score (nSPS) is 9.89. The first-order valence-electron chi connectivity index (χ1n) is 5.69. The zero-order valence-electron chi connectivity index (χ0n) is 10.5. The lowest BCUT2D eigenvalue weighted by atomic mass is 10.1. The third-order valence-corrected chi connectivity index (χ3v) is 2.57. The number of carboxylic acid groups (broad SMARTS) is 1. The van der Waals surface area contributed by atoms with E-state index in [-0.39, 0.29) is 18.9 Å². The summed E-state index contributed by atoms with van der Waals surface area (Å²) in [5, 5.41) is 8.69. The van der Waals surface area contributed by atoms with Gasteiger partial charge in [0, 0.05) is 6.54 Å². The second-order valence-electron chi connectivity index (χ2n) is 3.83. The van der Waals surface area contributed by atoms with Crippen LogP contribution in [0.1, 0.15) is 12.5 Å². The maximum atomic E-state index is 11.9. The molecule has 0 unspecified atom stereocenters. The highest BCUT2D eigenvalue weighted by atomic mass is 16.5. The van der Waals surface area contributed by atoms with Gasteiger partial charge in [0.05, 0.1) is 13.5 Å². The van der Waals surface area contributed by atoms with Crippen molar-refractivity contribution in [3.05, 3.63) is 29.8 Å². The summed E-state index contributed by atoms with van der Waals surface area (Å²) >= 11 is 0. The number of benzene rings is 1. The average molecular weight is 251 g/mol. The summed E-state index contributed by atoms with van der Waals surface area (Å²) in [6.45, 7) is 1.89. The Hall–Kier alpha value is -2.04. The molecule has 0 bridgehead atoms. The Morgan fingerprint density at radius 1 is 1.28 bits per heavy atom. The first-order chi connectivity index (χ1) is 8.56. The van der Waals surface area contributed by atoms with Gasteiger partial charge in [0.15, 0.2) is 0 Å². The van der Waals surface area contributed by atoms with E-state index in [1.54, 1.807) is 38.3 Å². The lowest BCUT2D eigenvalue weighted by molar-refractivity contribution is -0.144. The van der Waals surface area contributed by atoms with Crippen molar-refractivity contribution >= 4 is 11.9 Å². The molecule has 0 radical (unpaired) electrons. The van der Waals surface area contributed by atoms with E-state index in [1.807, 2.05) is 0 Å².